The van der Waals surface area contributed by atoms with E-state index in [9.17, 15) is 0 Å². The number of hydrogen-bond donors (Lipinski definition) is 1. The fourth-order valence-electron chi connectivity index (χ4n) is 1.86. The smallest absolute Gasteiger partial charge is 0.145 e. The Labute approximate surface area is 89.9 Å². The third-order valence-electron chi connectivity index (χ3n) is 2.87. The van der Waals surface area contributed by atoms with Crippen LogP contribution < -0.4 is 5.73 Å². The fraction of sp³-hybridized carbons (Fsp3) is 0.636. The lowest BCUT2D eigenvalue weighted by atomic mass is 9.92. The summed E-state index contributed by atoms with van der Waals surface area (Å²) >= 11 is 0. The van der Waals surface area contributed by atoms with Crippen molar-refractivity contribution in [2.24, 2.45) is 11.7 Å². The number of hydrogen-bond acceptors (Lipinski definition) is 4. The summed E-state index contributed by atoms with van der Waals surface area (Å²) in [5.41, 5.74) is 7.21. The zero-order valence-electron chi connectivity index (χ0n) is 9.02. The van der Waals surface area contributed by atoms with Crippen LogP contribution in [0.25, 0.3) is 0 Å². The zero-order chi connectivity index (χ0) is 10.7. The van der Waals surface area contributed by atoms with E-state index in [1.165, 1.54) is 0 Å². The van der Waals surface area contributed by atoms with Crippen LogP contribution in [-0.4, -0.2) is 23.2 Å². The van der Waals surface area contributed by atoms with Crippen molar-refractivity contribution in [2.45, 2.75) is 25.8 Å². The molecule has 1 unspecified atom stereocenters. The van der Waals surface area contributed by atoms with Gasteiger partial charge in [0, 0.05) is 25.6 Å². The van der Waals surface area contributed by atoms with Gasteiger partial charge in [0.25, 0.3) is 0 Å². The molecule has 0 amide bonds. The number of aryl methyl sites for hydroxylation is 1. The molecule has 0 spiro atoms. The van der Waals surface area contributed by atoms with Crippen molar-refractivity contribution in [3.8, 4) is 0 Å². The molecule has 0 aromatic carbocycles. The normalized spacial score (nSPS) is 20.1. The highest BCUT2D eigenvalue weighted by molar-refractivity contribution is 5.05. The van der Waals surface area contributed by atoms with Gasteiger partial charge in [0.2, 0.25) is 0 Å². The van der Waals surface area contributed by atoms with Crippen LogP contribution in [0.1, 0.15) is 30.3 Å². The third kappa shape index (κ3) is 2.52. The SMILES string of the molecule is Cc1cnc(C(N)C2CCOCC2)nc1. The van der Waals surface area contributed by atoms with Crippen LogP contribution in [0.2, 0.25) is 0 Å². The molecular formula is C11H17N3O. The highest BCUT2D eigenvalue weighted by atomic mass is 16.5. The molecule has 82 valence electrons. The van der Waals surface area contributed by atoms with Gasteiger partial charge in [-0.25, -0.2) is 9.97 Å². The quantitative estimate of drug-likeness (QED) is 0.792. The Kier molecular flexibility index (Phi) is 3.28. The van der Waals surface area contributed by atoms with Crippen LogP contribution in [0.3, 0.4) is 0 Å². The van der Waals surface area contributed by atoms with Crippen molar-refractivity contribution < 1.29 is 4.74 Å². The standard InChI is InChI=1S/C11H17N3O/c1-8-6-13-11(14-7-8)10(12)9-2-4-15-5-3-9/h6-7,9-10H,2-5,12H2,1H3. The maximum absolute atomic E-state index is 6.14. The highest BCUT2D eigenvalue weighted by Gasteiger charge is 2.23. The first-order chi connectivity index (χ1) is 7.27. The van der Waals surface area contributed by atoms with E-state index in [0.29, 0.717) is 5.92 Å². The van der Waals surface area contributed by atoms with Crippen molar-refractivity contribution in [1.29, 1.82) is 0 Å². The van der Waals surface area contributed by atoms with Gasteiger partial charge in [-0.3, -0.25) is 0 Å². The summed E-state index contributed by atoms with van der Waals surface area (Å²) < 4.78 is 5.31. The minimum Gasteiger partial charge on any atom is -0.381 e. The van der Waals surface area contributed by atoms with Gasteiger partial charge in [-0.2, -0.15) is 0 Å². The van der Waals surface area contributed by atoms with Gasteiger partial charge in [-0.15, -0.1) is 0 Å². The molecule has 0 radical (unpaired) electrons. The van der Waals surface area contributed by atoms with Crippen molar-refractivity contribution in [2.75, 3.05) is 13.2 Å². The Bertz CT molecular complexity index is 306. The molecule has 2 rings (SSSR count). The molecule has 1 aliphatic rings. The Balaban J connectivity index is 2.05. The molecule has 0 bridgehead atoms. The molecule has 1 aliphatic heterocycles. The molecular weight excluding hydrogens is 190 g/mol. The van der Waals surface area contributed by atoms with Gasteiger partial charge in [0.15, 0.2) is 0 Å². The zero-order valence-corrected chi connectivity index (χ0v) is 9.02. The second-order valence-corrected chi connectivity index (χ2v) is 4.09. The average molecular weight is 207 g/mol. The lowest BCUT2D eigenvalue weighted by molar-refractivity contribution is 0.0574. The first kappa shape index (κ1) is 10.5. The highest BCUT2D eigenvalue weighted by Crippen LogP contribution is 2.25. The first-order valence-corrected chi connectivity index (χ1v) is 5.39. The molecule has 2 N–H and O–H groups in total. The molecule has 4 nitrogen and oxygen atoms in total. The maximum atomic E-state index is 6.14. The summed E-state index contributed by atoms with van der Waals surface area (Å²) in [5.74, 6) is 1.22. The van der Waals surface area contributed by atoms with Crippen LogP contribution in [0.4, 0.5) is 0 Å². The van der Waals surface area contributed by atoms with Crippen molar-refractivity contribution in [1.82, 2.24) is 9.97 Å². The topological polar surface area (TPSA) is 61.0 Å². The van der Waals surface area contributed by atoms with Crippen LogP contribution in [0.5, 0.6) is 0 Å². The third-order valence-corrected chi connectivity index (χ3v) is 2.87. The van der Waals surface area contributed by atoms with Gasteiger partial charge < -0.3 is 10.5 Å². The van der Waals surface area contributed by atoms with E-state index < -0.39 is 0 Å². The van der Waals surface area contributed by atoms with Crippen molar-refractivity contribution in [3.63, 3.8) is 0 Å². The molecule has 1 aromatic heterocycles. The monoisotopic (exact) mass is 207 g/mol. The number of ether oxygens (including phenoxy) is 1. The van der Waals surface area contributed by atoms with E-state index in [2.05, 4.69) is 9.97 Å². The van der Waals surface area contributed by atoms with E-state index in [1.807, 2.05) is 19.3 Å². The summed E-state index contributed by atoms with van der Waals surface area (Å²) in [6.45, 7) is 3.60. The predicted molar refractivity (Wildman–Crippen MR) is 57.2 cm³/mol. The Morgan fingerprint density at radius 3 is 2.53 bits per heavy atom. The van der Waals surface area contributed by atoms with E-state index in [-0.39, 0.29) is 6.04 Å². The molecule has 15 heavy (non-hydrogen) atoms. The largest absolute Gasteiger partial charge is 0.381 e. The lowest BCUT2D eigenvalue weighted by Gasteiger charge is -2.26. The van der Waals surface area contributed by atoms with E-state index in [4.69, 9.17) is 10.5 Å². The minimum atomic E-state index is -0.0468. The van der Waals surface area contributed by atoms with Crippen LogP contribution >= 0.6 is 0 Å². The van der Waals surface area contributed by atoms with Crippen molar-refractivity contribution in [3.05, 3.63) is 23.8 Å². The van der Waals surface area contributed by atoms with Gasteiger partial charge >= 0.3 is 0 Å². The van der Waals surface area contributed by atoms with Gasteiger partial charge in [-0.05, 0) is 31.2 Å². The minimum absolute atomic E-state index is 0.0468. The molecule has 2 heterocycles. The summed E-state index contributed by atoms with van der Waals surface area (Å²) in [7, 11) is 0. The van der Waals surface area contributed by atoms with Gasteiger partial charge in [0.1, 0.15) is 5.82 Å². The molecule has 1 aromatic rings. The van der Waals surface area contributed by atoms with E-state index in [1.54, 1.807) is 0 Å². The first-order valence-electron chi connectivity index (χ1n) is 5.39. The number of aromatic nitrogens is 2. The number of rotatable bonds is 2. The maximum Gasteiger partial charge on any atom is 0.145 e. The van der Waals surface area contributed by atoms with E-state index >= 15 is 0 Å². The molecule has 1 atom stereocenters. The molecule has 1 fully saturated rings. The predicted octanol–water partition coefficient (Wildman–Crippen LogP) is 1.21. The number of nitrogens with zero attached hydrogens (tertiary/aromatic N) is 2. The summed E-state index contributed by atoms with van der Waals surface area (Å²) in [5, 5.41) is 0. The number of nitrogens with two attached hydrogens (primary N) is 1. The summed E-state index contributed by atoms with van der Waals surface area (Å²) in [6.07, 6.45) is 5.67. The second kappa shape index (κ2) is 4.68. The fourth-order valence-corrected chi connectivity index (χ4v) is 1.86. The van der Waals surface area contributed by atoms with Crippen LogP contribution in [-0.2, 0) is 4.74 Å². The van der Waals surface area contributed by atoms with Crippen LogP contribution in [0, 0.1) is 12.8 Å². The lowest BCUT2D eigenvalue weighted by Crippen LogP contribution is -2.28. The Hall–Kier alpha value is -1.00. The second-order valence-electron chi connectivity index (χ2n) is 4.09. The molecule has 0 saturated carbocycles. The average Bonchev–Trinajstić information content (AvgIpc) is 2.30. The Morgan fingerprint density at radius 1 is 1.33 bits per heavy atom. The molecule has 4 heteroatoms. The molecule has 0 aliphatic carbocycles. The van der Waals surface area contributed by atoms with Gasteiger partial charge in [-0.1, -0.05) is 0 Å². The molecule has 1 saturated heterocycles. The summed E-state index contributed by atoms with van der Waals surface area (Å²) in [4.78, 5) is 8.55. The van der Waals surface area contributed by atoms with E-state index in [0.717, 1.165) is 37.4 Å². The Morgan fingerprint density at radius 2 is 1.93 bits per heavy atom. The van der Waals surface area contributed by atoms with Crippen molar-refractivity contribution >= 4 is 0 Å². The van der Waals surface area contributed by atoms with Gasteiger partial charge in [0.05, 0.1) is 6.04 Å². The van der Waals surface area contributed by atoms with Crippen LogP contribution in [0.15, 0.2) is 12.4 Å². The summed E-state index contributed by atoms with van der Waals surface area (Å²) in [6, 6.07) is -0.0468.